The Morgan fingerprint density at radius 1 is 0.971 bits per heavy atom. The van der Waals surface area contributed by atoms with E-state index in [1.807, 2.05) is 48.3 Å². The summed E-state index contributed by atoms with van der Waals surface area (Å²) in [6, 6.07) is 21.0. The van der Waals surface area contributed by atoms with Crippen molar-refractivity contribution in [1.82, 2.24) is 0 Å². The smallest absolute Gasteiger partial charge is 0.300 e. The minimum absolute atomic E-state index is 0.0165. The highest BCUT2D eigenvalue weighted by Gasteiger charge is 2.48. The molecule has 7 nitrogen and oxygen atoms in total. The molecule has 1 unspecified atom stereocenters. The SMILES string of the molecule is CN1CCOc2ccc(/C(O)=C3/C(=O)C(=O)N(c4cccc5ccccc45)C3c3ccco3)cc21. The largest absolute Gasteiger partial charge is 0.507 e. The number of aliphatic hydroxyl groups is 1. The third kappa shape index (κ3) is 3.27. The third-order valence-electron chi connectivity index (χ3n) is 6.61. The van der Waals surface area contributed by atoms with E-state index in [0.717, 1.165) is 16.5 Å². The summed E-state index contributed by atoms with van der Waals surface area (Å²) >= 11 is 0. The number of benzene rings is 3. The van der Waals surface area contributed by atoms with Gasteiger partial charge in [0.15, 0.2) is 0 Å². The van der Waals surface area contributed by atoms with Gasteiger partial charge in [-0.1, -0.05) is 36.4 Å². The first-order chi connectivity index (χ1) is 17.0. The number of rotatable bonds is 3. The summed E-state index contributed by atoms with van der Waals surface area (Å²) < 4.78 is 11.4. The van der Waals surface area contributed by atoms with Crippen LogP contribution >= 0.6 is 0 Å². The van der Waals surface area contributed by atoms with Crippen LogP contribution in [0.4, 0.5) is 11.4 Å². The molecule has 2 aliphatic heterocycles. The molecule has 174 valence electrons. The van der Waals surface area contributed by atoms with Crippen molar-refractivity contribution >= 4 is 39.6 Å². The highest BCUT2D eigenvalue weighted by atomic mass is 16.5. The summed E-state index contributed by atoms with van der Waals surface area (Å²) in [5, 5.41) is 13.2. The molecule has 4 aromatic rings. The molecular weight excluding hydrogens is 444 g/mol. The van der Waals surface area contributed by atoms with Crippen LogP contribution in [0, 0.1) is 0 Å². The minimum atomic E-state index is -0.916. The Bertz CT molecular complexity index is 1500. The second-order valence-corrected chi connectivity index (χ2v) is 8.64. The molecule has 1 N–H and O–H groups in total. The van der Waals surface area contributed by atoms with Gasteiger partial charge in [0.1, 0.15) is 29.9 Å². The number of amides is 1. The lowest BCUT2D eigenvalue weighted by atomic mass is 9.98. The molecular formula is C28H22N2O5. The molecule has 0 radical (unpaired) electrons. The van der Waals surface area contributed by atoms with Crippen molar-refractivity contribution in [2.75, 3.05) is 30.0 Å². The van der Waals surface area contributed by atoms with Crippen LogP contribution in [-0.4, -0.2) is 37.0 Å². The lowest BCUT2D eigenvalue weighted by molar-refractivity contribution is -0.132. The van der Waals surface area contributed by atoms with Crippen molar-refractivity contribution in [2.45, 2.75) is 6.04 Å². The Hall–Kier alpha value is -4.52. The normalized spacial score (nSPS) is 19.2. The molecule has 7 heteroatoms. The lowest BCUT2D eigenvalue weighted by Crippen LogP contribution is -2.29. The molecule has 35 heavy (non-hydrogen) atoms. The zero-order chi connectivity index (χ0) is 24.1. The topological polar surface area (TPSA) is 83.2 Å². The maximum atomic E-state index is 13.4. The van der Waals surface area contributed by atoms with E-state index >= 15 is 0 Å². The molecule has 0 aliphatic carbocycles. The van der Waals surface area contributed by atoms with E-state index in [4.69, 9.17) is 9.15 Å². The maximum Gasteiger partial charge on any atom is 0.300 e. The Morgan fingerprint density at radius 3 is 2.63 bits per heavy atom. The number of carbonyl (C=O) groups excluding carboxylic acids is 2. The van der Waals surface area contributed by atoms with E-state index in [2.05, 4.69) is 0 Å². The Kier molecular flexibility index (Phi) is 4.84. The number of aliphatic hydroxyl groups excluding tert-OH is 1. The van der Waals surface area contributed by atoms with Gasteiger partial charge in [-0.2, -0.15) is 0 Å². The monoisotopic (exact) mass is 466 g/mol. The molecule has 2 aliphatic rings. The lowest BCUT2D eigenvalue weighted by Gasteiger charge is -2.28. The Morgan fingerprint density at radius 2 is 1.80 bits per heavy atom. The number of anilines is 2. The summed E-state index contributed by atoms with van der Waals surface area (Å²) in [5.74, 6) is -0.651. The van der Waals surface area contributed by atoms with Gasteiger partial charge in [0.25, 0.3) is 11.7 Å². The van der Waals surface area contributed by atoms with Gasteiger partial charge in [0.05, 0.1) is 29.8 Å². The van der Waals surface area contributed by atoms with Crippen LogP contribution in [0.2, 0.25) is 0 Å². The highest BCUT2D eigenvalue weighted by Crippen LogP contribution is 2.45. The van der Waals surface area contributed by atoms with Crippen molar-refractivity contribution in [2.24, 2.45) is 0 Å². The zero-order valence-electron chi connectivity index (χ0n) is 19.0. The van der Waals surface area contributed by atoms with Crippen LogP contribution in [0.15, 0.2) is 89.0 Å². The van der Waals surface area contributed by atoms with Crippen LogP contribution < -0.4 is 14.5 Å². The van der Waals surface area contributed by atoms with Gasteiger partial charge in [0, 0.05) is 18.0 Å². The fourth-order valence-corrected chi connectivity index (χ4v) is 4.87. The number of Topliss-reactive ketones (excluding diaryl/α,β-unsaturated/α-hetero) is 1. The van der Waals surface area contributed by atoms with Gasteiger partial charge in [-0.25, -0.2) is 0 Å². The molecule has 1 amide bonds. The van der Waals surface area contributed by atoms with Gasteiger partial charge in [-0.3, -0.25) is 14.5 Å². The molecule has 0 spiro atoms. The molecule has 3 aromatic carbocycles. The standard InChI is InChI=1S/C28H22N2O5/c1-29-13-15-35-22-12-11-18(16-21(22)29)26(31)24-25(23-10-5-14-34-23)30(28(33)27(24)32)20-9-4-7-17-6-2-3-8-19(17)20/h2-12,14,16,25,31H,13,15H2,1H3/b26-24-. The zero-order valence-corrected chi connectivity index (χ0v) is 19.0. The van der Waals surface area contributed by atoms with E-state index in [9.17, 15) is 14.7 Å². The number of carbonyl (C=O) groups is 2. The van der Waals surface area contributed by atoms with E-state index in [1.165, 1.54) is 11.2 Å². The molecule has 1 fully saturated rings. The molecule has 1 atom stereocenters. The number of furan rings is 1. The predicted molar refractivity (Wildman–Crippen MR) is 133 cm³/mol. The number of ether oxygens (including phenoxy) is 1. The van der Waals surface area contributed by atoms with Crippen LogP contribution in [0.3, 0.4) is 0 Å². The first kappa shape index (κ1) is 21.0. The first-order valence-electron chi connectivity index (χ1n) is 11.3. The molecule has 1 aromatic heterocycles. The number of hydrogen-bond donors (Lipinski definition) is 1. The predicted octanol–water partition coefficient (Wildman–Crippen LogP) is 4.89. The van der Waals surface area contributed by atoms with Crippen molar-refractivity contribution in [3.8, 4) is 5.75 Å². The van der Waals surface area contributed by atoms with Crippen molar-refractivity contribution in [3.63, 3.8) is 0 Å². The van der Waals surface area contributed by atoms with Crippen LogP contribution in [0.1, 0.15) is 17.4 Å². The Balaban J connectivity index is 1.56. The molecule has 1 saturated heterocycles. The van der Waals surface area contributed by atoms with Gasteiger partial charge in [-0.15, -0.1) is 0 Å². The number of fused-ring (bicyclic) bond motifs is 2. The average Bonchev–Trinajstić information content (AvgIpc) is 3.50. The summed E-state index contributed by atoms with van der Waals surface area (Å²) in [7, 11) is 1.94. The minimum Gasteiger partial charge on any atom is -0.507 e. The fraction of sp³-hybridized carbons (Fsp3) is 0.143. The van der Waals surface area contributed by atoms with Crippen LogP contribution in [0.5, 0.6) is 5.75 Å². The van der Waals surface area contributed by atoms with Gasteiger partial charge >= 0.3 is 0 Å². The molecule has 0 bridgehead atoms. The van der Waals surface area contributed by atoms with Gasteiger partial charge in [0.2, 0.25) is 0 Å². The first-order valence-corrected chi connectivity index (χ1v) is 11.3. The number of ketones is 1. The van der Waals surface area contributed by atoms with Gasteiger partial charge in [-0.05, 0) is 41.8 Å². The summed E-state index contributed by atoms with van der Waals surface area (Å²) in [5.41, 5.74) is 1.79. The second kappa shape index (κ2) is 8.06. The number of hydrogen-bond acceptors (Lipinski definition) is 6. The van der Waals surface area contributed by atoms with Crippen LogP contribution in [-0.2, 0) is 9.59 Å². The van der Waals surface area contributed by atoms with E-state index < -0.39 is 17.7 Å². The second-order valence-electron chi connectivity index (χ2n) is 8.64. The van der Waals surface area contributed by atoms with E-state index in [-0.39, 0.29) is 11.3 Å². The number of likely N-dealkylation sites (N-methyl/N-ethyl adjacent to an activating group) is 1. The van der Waals surface area contributed by atoms with E-state index in [1.54, 1.807) is 36.4 Å². The number of nitrogens with zero attached hydrogens (tertiary/aromatic N) is 2. The quantitative estimate of drug-likeness (QED) is 0.263. The van der Waals surface area contributed by atoms with Crippen molar-refractivity contribution in [3.05, 3.63) is 96.0 Å². The highest BCUT2D eigenvalue weighted by molar-refractivity contribution is 6.52. The van der Waals surface area contributed by atoms with Gasteiger partial charge < -0.3 is 19.2 Å². The van der Waals surface area contributed by atoms with Crippen LogP contribution in [0.25, 0.3) is 16.5 Å². The molecule has 6 rings (SSSR count). The fourth-order valence-electron chi connectivity index (χ4n) is 4.87. The summed E-state index contributed by atoms with van der Waals surface area (Å²) in [6.07, 6.45) is 1.49. The maximum absolute atomic E-state index is 13.4. The molecule has 3 heterocycles. The average molecular weight is 466 g/mol. The summed E-state index contributed by atoms with van der Waals surface area (Å²) in [4.78, 5) is 30.3. The Labute approximate surface area is 201 Å². The molecule has 0 saturated carbocycles. The summed E-state index contributed by atoms with van der Waals surface area (Å²) in [6.45, 7) is 1.28. The van der Waals surface area contributed by atoms with Crippen molar-refractivity contribution < 1.29 is 23.8 Å². The van der Waals surface area contributed by atoms with E-state index in [0.29, 0.717) is 35.9 Å². The third-order valence-corrected chi connectivity index (χ3v) is 6.61. The van der Waals surface area contributed by atoms with Crippen molar-refractivity contribution in [1.29, 1.82) is 0 Å².